The van der Waals surface area contributed by atoms with Crippen LogP contribution >= 0.6 is 0 Å². The van der Waals surface area contributed by atoms with Crippen molar-refractivity contribution in [1.82, 2.24) is 15.6 Å². The summed E-state index contributed by atoms with van der Waals surface area (Å²) in [5.41, 5.74) is 0.789. The molecule has 0 aliphatic carbocycles. The Morgan fingerprint density at radius 1 is 1.28 bits per heavy atom. The number of Topliss-reactive ketones (excluding diaryl/α,β-unsaturated/α-hetero) is 2. The van der Waals surface area contributed by atoms with E-state index in [0.717, 1.165) is 5.56 Å². The summed E-state index contributed by atoms with van der Waals surface area (Å²) in [4.78, 5) is 52.8. The number of carbonyl (C=O) groups is 4. The summed E-state index contributed by atoms with van der Waals surface area (Å²) in [6.45, 7) is 0.420. The average Bonchev–Trinajstić information content (AvgIpc) is 3.22. The molecule has 0 radical (unpaired) electrons. The average molecular weight is 399 g/mol. The molecule has 2 heterocycles. The number of hydrogen-bond donors (Lipinski definition) is 2. The van der Waals surface area contributed by atoms with Crippen LogP contribution in [0.25, 0.3) is 0 Å². The maximum absolute atomic E-state index is 12.8. The van der Waals surface area contributed by atoms with E-state index in [-0.39, 0.29) is 18.9 Å². The first-order valence-corrected chi connectivity index (χ1v) is 9.26. The summed E-state index contributed by atoms with van der Waals surface area (Å²) < 4.78 is 10.3. The highest BCUT2D eigenvalue weighted by molar-refractivity contribution is 6.37. The zero-order valence-corrected chi connectivity index (χ0v) is 15.6. The second-order valence-corrected chi connectivity index (χ2v) is 6.64. The number of benzene rings is 1. The minimum absolute atomic E-state index is 0.0165. The number of aromatic nitrogens is 1. The number of amides is 2. The van der Waals surface area contributed by atoms with Crippen LogP contribution in [0.4, 0.5) is 4.79 Å². The van der Waals surface area contributed by atoms with Gasteiger partial charge in [-0.2, -0.15) is 0 Å². The van der Waals surface area contributed by atoms with E-state index in [1.165, 1.54) is 12.5 Å². The van der Waals surface area contributed by atoms with Gasteiger partial charge in [0.1, 0.15) is 12.9 Å². The standard InChI is InChI=1S/C20H21N3O6/c24-15(11-14-7-4-8-21-18(26)17(14)25)16(19-22-9-10-28-19)23-20(27)29-12-13-5-2-1-3-6-13/h1-3,5-6,9-10,14,16H,4,7-8,11-12H2,(H,21,26)(H,23,27). The Balaban J connectivity index is 1.65. The lowest BCUT2D eigenvalue weighted by Crippen LogP contribution is -2.37. The first-order valence-electron chi connectivity index (χ1n) is 9.26. The molecule has 9 nitrogen and oxygen atoms in total. The molecule has 29 heavy (non-hydrogen) atoms. The van der Waals surface area contributed by atoms with Crippen molar-refractivity contribution in [2.45, 2.75) is 31.9 Å². The number of nitrogens with one attached hydrogen (secondary N) is 2. The van der Waals surface area contributed by atoms with Crippen molar-refractivity contribution in [3.05, 3.63) is 54.2 Å². The predicted molar refractivity (Wildman–Crippen MR) is 99.4 cm³/mol. The van der Waals surface area contributed by atoms with Crippen LogP contribution in [0.3, 0.4) is 0 Å². The third-order valence-electron chi connectivity index (χ3n) is 4.55. The van der Waals surface area contributed by atoms with Crippen LogP contribution in [0.5, 0.6) is 0 Å². The van der Waals surface area contributed by atoms with E-state index in [9.17, 15) is 19.2 Å². The second kappa shape index (κ2) is 9.63. The highest BCUT2D eigenvalue weighted by Crippen LogP contribution is 2.22. The van der Waals surface area contributed by atoms with Crippen molar-refractivity contribution in [3.63, 3.8) is 0 Å². The van der Waals surface area contributed by atoms with Crippen LogP contribution in [0.1, 0.15) is 36.8 Å². The molecule has 0 bridgehead atoms. The van der Waals surface area contributed by atoms with Crippen LogP contribution in [0, 0.1) is 5.92 Å². The Morgan fingerprint density at radius 3 is 2.79 bits per heavy atom. The summed E-state index contributed by atoms with van der Waals surface area (Å²) in [5, 5.41) is 4.94. The summed E-state index contributed by atoms with van der Waals surface area (Å²) >= 11 is 0. The lowest BCUT2D eigenvalue weighted by atomic mass is 9.91. The smallest absolute Gasteiger partial charge is 0.408 e. The van der Waals surface area contributed by atoms with Crippen LogP contribution in [0.15, 0.2) is 47.2 Å². The lowest BCUT2D eigenvalue weighted by molar-refractivity contribution is -0.140. The Morgan fingerprint density at radius 2 is 2.07 bits per heavy atom. The number of rotatable bonds is 7. The minimum Gasteiger partial charge on any atom is -0.446 e. The molecule has 9 heteroatoms. The van der Waals surface area contributed by atoms with Gasteiger partial charge in [0, 0.05) is 18.9 Å². The van der Waals surface area contributed by atoms with Gasteiger partial charge >= 0.3 is 6.09 Å². The van der Waals surface area contributed by atoms with Gasteiger partial charge in [-0.25, -0.2) is 9.78 Å². The number of nitrogens with zero attached hydrogens (tertiary/aromatic N) is 1. The molecule has 1 saturated heterocycles. The molecule has 2 unspecified atom stereocenters. The fourth-order valence-corrected chi connectivity index (χ4v) is 3.05. The zero-order chi connectivity index (χ0) is 20.6. The fourth-order valence-electron chi connectivity index (χ4n) is 3.05. The van der Waals surface area contributed by atoms with Crippen molar-refractivity contribution in [2.24, 2.45) is 5.92 Å². The van der Waals surface area contributed by atoms with E-state index in [1.54, 1.807) is 12.1 Å². The minimum atomic E-state index is -1.22. The first kappa shape index (κ1) is 20.2. The van der Waals surface area contributed by atoms with E-state index < -0.39 is 35.5 Å². The van der Waals surface area contributed by atoms with E-state index in [2.05, 4.69) is 15.6 Å². The molecule has 2 N–H and O–H groups in total. The van der Waals surface area contributed by atoms with Crippen molar-refractivity contribution >= 4 is 23.6 Å². The van der Waals surface area contributed by atoms with E-state index in [4.69, 9.17) is 9.15 Å². The molecule has 1 aliphatic rings. The Kier molecular flexibility index (Phi) is 6.72. The third-order valence-corrected chi connectivity index (χ3v) is 4.55. The summed E-state index contributed by atoms with van der Waals surface area (Å²) in [5.74, 6) is -2.57. The van der Waals surface area contributed by atoms with Crippen molar-refractivity contribution < 1.29 is 28.3 Å². The number of hydrogen-bond acceptors (Lipinski definition) is 7. The summed E-state index contributed by atoms with van der Waals surface area (Å²) in [7, 11) is 0. The lowest BCUT2D eigenvalue weighted by Gasteiger charge is -2.17. The van der Waals surface area contributed by atoms with Gasteiger partial charge < -0.3 is 19.8 Å². The number of ketones is 2. The van der Waals surface area contributed by atoms with E-state index in [0.29, 0.717) is 19.4 Å². The predicted octanol–water partition coefficient (Wildman–Crippen LogP) is 1.70. The third kappa shape index (κ3) is 5.50. The van der Waals surface area contributed by atoms with Crippen LogP contribution in [0.2, 0.25) is 0 Å². The molecule has 0 spiro atoms. The SMILES string of the molecule is O=C(NC(C(=O)CC1CCCNC(=O)C1=O)c1ncco1)OCc1ccccc1. The Hall–Kier alpha value is -3.49. The molecule has 2 atom stereocenters. The monoisotopic (exact) mass is 399 g/mol. The highest BCUT2D eigenvalue weighted by Gasteiger charge is 2.34. The van der Waals surface area contributed by atoms with Gasteiger partial charge in [0.2, 0.25) is 11.7 Å². The van der Waals surface area contributed by atoms with Gasteiger partial charge in [0.25, 0.3) is 5.91 Å². The van der Waals surface area contributed by atoms with Crippen molar-refractivity contribution in [2.75, 3.05) is 6.54 Å². The van der Waals surface area contributed by atoms with Gasteiger partial charge in [0.15, 0.2) is 11.8 Å². The molecule has 0 saturated carbocycles. The van der Waals surface area contributed by atoms with Crippen LogP contribution < -0.4 is 10.6 Å². The zero-order valence-electron chi connectivity index (χ0n) is 15.6. The number of alkyl carbamates (subject to hydrolysis) is 1. The largest absolute Gasteiger partial charge is 0.446 e. The maximum atomic E-state index is 12.8. The number of carbonyl (C=O) groups excluding carboxylic acids is 4. The number of ether oxygens (including phenoxy) is 1. The van der Waals surface area contributed by atoms with Crippen LogP contribution in [-0.4, -0.2) is 35.1 Å². The molecule has 1 aliphatic heterocycles. The molecule has 1 aromatic carbocycles. The summed E-state index contributed by atoms with van der Waals surface area (Å²) in [6.07, 6.45) is 2.58. The molecule has 1 aromatic heterocycles. The van der Waals surface area contributed by atoms with Gasteiger partial charge in [-0.3, -0.25) is 14.4 Å². The van der Waals surface area contributed by atoms with Gasteiger partial charge in [-0.1, -0.05) is 30.3 Å². The first-order chi connectivity index (χ1) is 14.0. The molecule has 152 valence electrons. The maximum Gasteiger partial charge on any atom is 0.408 e. The molecule has 2 aromatic rings. The fraction of sp³-hybridized carbons (Fsp3) is 0.350. The van der Waals surface area contributed by atoms with Crippen LogP contribution in [-0.2, 0) is 25.7 Å². The Labute approximate surface area is 166 Å². The molecule has 2 amide bonds. The normalized spacial score (nSPS) is 17.7. The topological polar surface area (TPSA) is 128 Å². The number of oxazole rings is 1. The Bertz CT molecular complexity index is 866. The summed E-state index contributed by atoms with van der Waals surface area (Å²) in [6, 6.07) is 7.85. The van der Waals surface area contributed by atoms with Gasteiger partial charge in [-0.15, -0.1) is 0 Å². The highest BCUT2D eigenvalue weighted by atomic mass is 16.5. The van der Waals surface area contributed by atoms with Crippen molar-refractivity contribution in [1.29, 1.82) is 0 Å². The molecular formula is C20H21N3O6. The van der Waals surface area contributed by atoms with Gasteiger partial charge in [-0.05, 0) is 18.4 Å². The second-order valence-electron chi connectivity index (χ2n) is 6.64. The molecular weight excluding hydrogens is 378 g/mol. The van der Waals surface area contributed by atoms with E-state index >= 15 is 0 Å². The van der Waals surface area contributed by atoms with Crippen molar-refractivity contribution in [3.8, 4) is 0 Å². The molecule has 1 fully saturated rings. The van der Waals surface area contributed by atoms with Gasteiger partial charge in [0.05, 0.1) is 6.20 Å². The quantitative estimate of drug-likeness (QED) is 0.678. The molecule has 3 rings (SSSR count). The van der Waals surface area contributed by atoms with E-state index in [1.807, 2.05) is 18.2 Å².